The molecule has 2 aromatic rings. The van der Waals surface area contributed by atoms with Crippen molar-refractivity contribution in [1.29, 1.82) is 0 Å². The van der Waals surface area contributed by atoms with Gasteiger partial charge in [-0.15, -0.1) is 0 Å². The van der Waals surface area contributed by atoms with Crippen LogP contribution in [0.25, 0.3) is 0 Å². The van der Waals surface area contributed by atoms with E-state index in [2.05, 4.69) is 5.43 Å². The molecule has 0 radical (unpaired) electrons. The molecule has 0 saturated carbocycles. The summed E-state index contributed by atoms with van der Waals surface area (Å²) in [5.41, 5.74) is 4.27. The van der Waals surface area contributed by atoms with Crippen LogP contribution in [0.5, 0.6) is 5.75 Å². The van der Waals surface area contributed by atoms with Gasteiger partial charge in [-0.1, -0.05) is 29.3 Å². The molecule has 0 unspecified atom stereocenters. The Labute approximate surface area is 115 Å². The molecule has 5 heteroatoms. The van der Waals surface area contributed by atoms with Crippen LogP contribution < -0.4 is 16.0 Å². The first-order valence-electron chi connectivity index (χ1n) is 5.32. The average Bonchev–Trinajstić information content (AvgIpc) is 2.38. The third-order valence-electron chi connectivity index (χ3n) is 2.43. The minimum absolute atomic E-state index is 0.394. The van der Waals surface area contributed by atoms with Crippen LogP contribution in [0.4, 0.5) is 5.69 Å². The quantitative estimate of drug-likeness (QED) is 0.661. The molecule has 3 N–H and O–H groups in total. The summed E-state index contributed by atoms with van der Waals surface area (Å²) in [7, 11) is 0. The van der Waals surface area contributed by atoms with Crippen molar-refractivity contribution in [2.45, 2.75) is 6.61 Å². The van der Waals surface area contributed by atoms with Crippen LogP contribution in [0.15, 0.2) is 42.5 Å². The first-order chi connectivity index (χ1) is 8.69. The SMILES string of the molecule is NNc1ccc(OCc2ccc(Cl)cc2Cl)cc1. The van der Waals surface area contributed by atoms with E-state index in [4.69, 9.17) is 33.8 Å². The van der Waals surface area contributed by atoms with Gasteiger partial charge in [0.1, 0.15) is 12.4 Å². The van der Waals surface area contributed by atoms with Crippen LogP contribution in [0.2, 0.25) is 10.0 Å². The number of rotatable bonds is 4. The van der Waals surface area contributed by atoms with E-state index >= 15 is 0 Å². The Morgan fingerprint density at radius 2 is 1.78 bits per heavy atom. The van der Waals surface area contributed by atoms with E-state index < -0.39 is 0 Å². The molecule has 94 valence electrons. The number of nitrogens with two attached hydrogens (primary N) is 1. The Morgan fingerprint density at radius 3 is 2.39 bits per heavy atom. The van der Waals surface area contributed by atoms with E-state index in [0.717, 1.165) is 17.0 Å². The first-order valence-corrected chi connectivity index (χ1v) is 6.08. The van der Waals surface area contributed by atoms with Gasteiger partial charge in [-0.2, -0.15) is 0 Å². The molecule has 18 heavy (non-hydrogen) atoms. The molecule has 0 spiro atoms. The van der Waals surface area contributed by atoms with Gasteiger partial charge in [0.15, 0.2) is 0 Å². The molecule has 0 atom stereocenters. The van der Waals surface area contributed by atoms with E-state index in [1.165, 1.54) is 0 Å². The molecule has 0 saturated heterocycles. The molecular weight excluding hydrogens is 271 g/mol. The smallest absolute Gasteiger partial charge is 0.119 e. The van der Waals surface area contributed by atoms with Crippen LogP contribution >= 0.6 is 23.2 Å². The number of anilines is 1. The number of hydrazine groups is 1. The predicted molar refractivity (Wildman–Crippen MR) is 75.0 cm³/mol. The second-order valence-corrected chi connectivity index (χ2v) is 4.54. The summed E-state index contributed by atoms with van der Waals surface area (Å²) in [4.78, 5) is 0. The van der Waals surface area contributed by atoms with Gasteiger partial charge in [0.25, 0.3) is 0 Å². The zero-order valence-corrected chi connectivity index (χ0v) is 11.0. The summed E-state index contributed by atoms with van der Waals surface area (Å²) >= 11 is 11.9. The zero-order chi connectivity index (χ0) is 13.0. The molecule has 2 aromatic carbocycles. The van der Waals surface area contributed by atoms with Crippen LogP contribution in [0, 0.1) is 0 Å². The molecule has 0 fully saturated rings. The summed E-state index contributed by atoms with van der Waals surface area (Å²) in [5, 5.41) is 1.21. The lowest BCUT2D eigenvalue weighted by molar-refractivity contribution is 0.306. The summed E-state index contributed by atoms with van der Waals surface area (Å²) in [5.74, 6) is 6.03. The van der Waals surface area contributed by atoms with E-state index in [1.807, 2.05) is 30.3 Å². The van der Waals surface area contributed by atoms with Gasteiger partial charge in [-0.3, -0.25) is 5.84 Å². The Balaban J connectivity index is 2.02. The Hall–Kier alpha value is -1.42. The zero-order valence-electron chi connectivity index (χ0n) is 9.49. The molecule has 0 aliphatic rings. The maximum atomic E-state index is 6.05. The predicted octanol–water partition coefficient (Wildman–Crippen LogP) is 3.86. The topological polar surface area (TPSA) is 47.3 Å². The Morgan fingerprint density at radius 1 is 1.06 bits per heavy atom. The molecule has 0 aromatic heterocycles. The van der Waals surface area contributed by atoms with Crippen molar-refractivity contribution in [3.05, 3.63) is 58.1 Å². The second-order valence-electron chi connectivity index (χ2n) is 3.69. The van der Waals surface area contributed by atoms with Crippen molar-refractivity contribution in [3.8, 4) is 5.75 Å². The van der Waals surface area contributed by atoms with E-state index in [-0.39, 0.29) is 0 Å². The number of hydrogen-bond acceptors (Lipinski definition) is 3. The van der Waals surface area contributed by atoms with Gasteiger partial charge >= 0.3 is 0 Å². The minimum atomic E-state index is 0.394. The van der Waals surface area contributed by atoms with Gasteiger partial charge in [-0.05, 0) is 36.4 Å². The largest absolute Gasteiger partial charge is 0.489 e. The number of nitrogen functional groups attached to an aromatic ring is 1. The van der Waals surface area contributed by atoms with Gasteiger partial charge in [-0.25, -0.2) is 0 Å². The van der Waals surface area contributed by atoms with Crippen molar-refractivity contribution in [2.24, 2.45) is 5.84 Å². The molecule has 3 nitrogen and oxygen atoms in total. The van der Waals surface area contributed by atoms with Gasteiger partial charge in [0.2, 0.25) is 0 Å². The van der Waals surface area contributed by atoms with Crippen LogP contribution in [0.3, 0.4) is 0 Å². The lowest BCUT2D eigenvalue weighted by atomic mass is 10.2. The fourth-order valence-electron chi connectivity index (χ4n) is 1.45. The van der Waals surface area contributed by atoms with E-state index in [1.54, 1.807) is 12.1 Å². The van der Waals surface area contributed by atoms with Gasteiger partial charge < -0.3 is 10.2 Å². The maximum Gasteiger partial charge on any atom is 0.119 e. The highest BCUT2D eigenvalue weighted by Gasteiger charge is 2.02. The minimum Gasteiger partial charge on any atom is -0.489 e. The highest BCUT2D eigenvalue weighted by atomic mass is 35.5. The molecular formula is C13H12Cl2N2O. The lowest BCUT2D eigenvalue weighted by Crippen LogP contribution is -2.06. The Kier molecular flexibility index (Phi) is 4.31. The number of hydrogen-bond donors (Lipinski definition) is 2. The first kappa shape index (κ1) is 13.0. The molecule has 0 heterocycles. The molecule has 0 bridgehead atoms. The summed E-state index contributed by atoms with van der Waals surface area (Å²) in [6.07, 6.45) is 0. The molecule has 2 rings (SSSR count). The molecule has 0 aliphatic heterocycles. The number of nitrogens with one attached hydrogen (secondary N) is 1. The number of halogens is 2. The highest BCUT2D eigenvalue weighted by Crippen LogP contribution is 2.23. The third kappa shape index (κ3) is 3.29. The van der Waals surface area contributed by atoms with Crippen molar-refractivity contribution < 1.29 is 4.74 Å². The summed E-state index contributed by atoms with van der Waals surface area (Å²) < 4.78 is 5.62. The monoisotopic (exact) mass is 282 g/mol. The molecule has 0 aliphatic carbocycles. The average molecular weight is 283 g/mol. The van der Waals surface area contributed by atoms with Crippen LogP contribution in [-0.4, -0.2) is 0 Å². The fraction of sp³-hybridized carbons (Fsp3) is 0.0769. The van der Waals surface area contributed by atoms with Crippen molar-refractivity contribution in [3.63, 3.8) is 0 Å². The van der Waals surface area contributed by atoms with Crippen LogP contribution in [-0.2, 0) is 6.61 Å². The summed E-state index contributed by atoms with van der Waals surface area (Å²) in [6, 6.07) is 12.7. The number of ether oxygens (including phenoxy) is 1. The molecule has 0 amide bonds. The lowest BCUT2D eigenvalue weighted by Gasteiger charge is -2.08. The van der Waals surface area contributed by atoms with E-state index in [9.17, 15) is 0 Å². The third-order valence-corrected chi connectivity index (χ3v) is 3.02. The van der Waals surface area contributed by atoms with Crippen molar-refractivity contribution in [2.75, 3.05) is 5.43 Å². The van der Waals surface area contributed by atoms with Crippen molar-refractivity contribution in [1.82, 2.24) is 0 Å². The second kappa shape index (κ2) is 5.96. The standard InChI is InChI=1S/C13H12Cl2N2O/c14-10-2-1-9(13(15)7-10)8-18-12-5-3-11(17-16)4-6-12/h1-7,17H,8,16H2. The van der Waals surface area contributed by atoms with Crippen LogP contribution in [0.1, 0.15) is 5.56 Å². The van der Waals surface area contributed by atoms with Gasteiger partial charge in [0, 0.05) is 21.3 Å². The fourth-order valence-corrected chi connectivity index (χ4v) is 1.91. The normalized spacial score (nSPS) is 10.2. The Bertz CT molecular complexity index is 529. The number of benzene rings is 2. The summed E-state index contributed by atoms with van der Waals surface area (Å²) in [6.45, 7) is 0.394. The maximum absolute atomic E-state index is 6.05. The highest BCUT2D eigenvalue weighted by molar-refractivity contribution is 6.35. The van der Waals surface area contributed by atoms with Gasteiger partial charge in [0.05, 0.1) is 0 Å². The van der Waals surface area contributed by atoms with Crippen molar-refractivity contribution >= 4 is 28.9 Å². The van der Waals surface area contributed by atoms with E-state index in [0.29, 0.717) is 16.7 Å².